The average molecular weight is 381 g/mol. The van der Waals surface area contributed by atoms with E-state index in [0.717, 1.165) is 12.8 Å². The molecule has 5 heteroatoms. The first-order valence-corrected chi connectivity index (χ1v) is 9.48. The van der Waals surface area contributed by atoms with Crippen molar-refractivity contribution in [3.63, 3.8) is 0 Å². The molecule has 0 radical (unpaired) electrons. The molecule has 0 bridgehead atoms. The van der Waals surface area contributed by atoms with E-state index in [0.29, 0.717) is 29.1 Å². The number of halogens is 2. The maximum Gasteiger partial charge on any atom is 0.223 e. The lowest BCUT2D eigenvalue weighted by atomic mass is 10.1. The van der Waals surface area contributed by atoms with Crippen molar-refractivity contribution in [1.29, 1.82) is 0 Å². The number of hydrogen-bond donors (Lipinski definition) is 0. The van der Waals surface area contributed by atoms with Gasteiger partial charge in [0.2, 0.25) is 5.91 Å². The Morgan fingerprint density at radius 1 is 0.964 bits per heavy atom. The van der Waals surface area contributed by atoms with Crippen LogP contribution in [0.15, 0.2) is 65.1 Å². The number of carbonyl (C=O) groups excluding carboxylic acids is 1. The third-order valence-electron chi connectivity index (χ3n) is 4.99. The van der Waals surface area contributed by atoms with Crippen LogP contribution in [0.2, 0.25) is 0 Å². The van der Waals surface area contributed by atoms with Crippen molar-refractivity contribution < 1.29 is 18.0 Å². The molecule has 1 aliphatic carbocycles. The third-order valence-corrected chi connectivity index (χ3v) is 4.99. The van der Waals surface area contributed by atoms with Gasteiger partial charge in [-0.25, -0.2) is 8.78 Å². The van der Waals surface area contributed by atoms with Gasteiger partial charge in [-0.1, -0.05) is 30.3 Å². The van der Waals surface area contributed by atoms with Crippen molar-refractivity contribution >= 4 is 5.91 Å². The van der Waals surface area contributed by atoms with Crippen LogP contribution in [0.3, 0.4) is 0 Å². The minimum absolute atomic E-state index is 0.0189. The first-order valence-electron chi connectivity index (χ1n) is 9.48. The van der Waals surface area contributed by atoms with Crippen molar-refractivity contribution in [1.82, 2.24) is 4.90 Å². The van der Waals surface area contributed by atoms with E-state index >= 15 is 0 Å². The highest BCUT2D eigenvalue weighted by Crippen LogP contribution is 2.30. The second-order valence-electron chi connectivity index (χ2n) is 7.09. The molecule has 0 aliphatic heterocycles. The summed E-state index contributed by atoms with van der Waals surface area (Å²) in [4.78, 5) is 14.5. The summed E-state index contributed by atoms with van der Waals surface area (Å²) in [5, 5.41) is 0. The molecular weight excluding hydrogens is 360 g/mol. The van der Waals surface area contributed by atoms with Crippen LogP contribution in [0.5, 0.6) is 0 Å². The summed E-state index contributed by atoms with van der Waals surface area (Å²) < 4.78 is 33.6. The number of amides is 1. The fourth-order valence-electron chi connectivity index (χ4n) is 3.31. The van der Waals surface area contributed by atoms with Crippen molar-refractivity contribution in [3.05, 3.63) is 83.6 Å². The van der Waals surface area contributed by atoms with Gasteiger partial charge in [0.1, 0.15) is 23.2 Å². The van der Waals surface area contributed by atoms with Crippen LogP contribution < -0.4 is 0 Å². The third kappa shape index (κ3) is 4.14. The Labute approximate surface area is 162 Å². The molecular formula is C23H21F2NO2. The first-order chi connectivity index (χ1) is 13.6. The Balaban J connectivity index is 1.40. The van der Waals surface area contributed by atoms with Gasteiger partial charge >= 0.3 is 0 Å². The Morgan fingerprint density at radius 2 is 1.68 bits per heavy atom. The average Bonchev–Trinajstić information content (AvgIpc) is 3.43. The van der Waals surface area contributed by atoms with E-state index < -0.39 is 0 Å². The molecule has 1 heterocycles. The van der Waals surface area contributed by atoms with Crippen LogP contribution in [0.4, 0.5) is 8.78 Å². The summed E-state index contributed by atoms with van der Waals surface area (Å²) in [6.07, 6.45) is 2.61. The lowest BCUT2D eigenvalue weighted by Gasteiger charge is -2.22. The maximum absolute atomic E-state index is 14.0. The topological polar surface area (TPSA) is 33.5 Å². The summed E-state index contributed by atoms with van der Waals surface area (Å²) in [7, 11) is 0. The van der Waals surface area contributed by atoms with Crippen LogP contribution in [0.25, 0.3) is 11.3 Å². The van der Waals surface area contributed by atoms with Gasteiger partial charge in [0.25, 0.3) is 0 Å². The number of aryl methyl sites for hydroxylation is 1. The zero-order chi connectivity index (χ0) is 19.5. The Kier molecular flexibility index (Phi) is 5.24. The van der Waals surface area contributed by atoms with Gasteiger partial charge in [-0.15, -0.1) is 0 Å². The van der Waals surface area contributed by atoms with E-state index in [9.17, 15) is 13.6 Å². The molecule has 0 spiro atoms. The van der Waals surface area contributed by atoms with Gasteiger partial charge in [0.15, 0.2) is 0 Å². The Hall–Kier alpha value is -2.95. The molecule has 1 amide bonds. The molecule has 1 aliphatic rings. The monoisotopic (exact) mass is 381 g/mol. The van der Waals surface area contributed by atoms with E-state index in [1.807, 2.05) is 0 Å². The largest absolute Gasteiger partial charge is 0.461 e. The molecule has 3 nitrogen and oxygen atoms in total. The summed E-state index contributed by atoms with van der Waals surface area (Å²) in [5.74, 6) is 0.430. The summed E-state index contributed by atoms with van der Waals surface area (Å²) in [5.41, 5.74) is 0.932. The molecule has 4 rings (SSSR count). The molecule has 0 saturated heterocycles. The van der Waals surface area contributed by atoms with Gasteiger partial charge in [-0.05, 0) is 43.2 Å². The van der Waals surface area contributed by atoms with Gasteiger partial charge in [-0.2, -0.15) is 0 Å². The molecule has 0 N–H and O–H groups in total. The number of carbonyl (C=O) groups is 1. The zero-order valence-corrected chi connectivity index (χ0v) is 15.4. The smallest absolute Gasteiger partial charge is 0.223 e. The molecule has 3 aromatic rings. The molecule has 1 saturated carbocycles. The van der Waals surface area contributed by atoms with Gasteiger partial charge in [0, 0.05) is 31.0 Å². The van der Waals surface area contributed by atoms with Crippen LogP contribution in [0, 0.1) is 11.6 Å². The minimum atomic E-state index is -0.343. The van der Waals surface area contributed by atoms with E-state index in [1.165, 1.54) is 12.1 Å². The van der Waals surface area contributed by atoms with E-state index in [1.54, 1.807) is 53.4 Å². The summed E-state index contributed by atoms with van der Waals surface area (Å²) in [6.45, 7) is 0.287. The molecule has 144 valence electrons. The SMILES string of the molecule is O=C(CCc1ccc(-c2ccccc2F)o1)N(Cc1ccccc1F)C1CC1. The first kappa shape index (κ1) is 18.4. The molecule has 1 aromatic heterocycles. The fraction of sp³-hybridized carbons (Fsp3) is 0.261. The lowest BCUT2D eigenvalue weighted by molar-refractivity contribution is -0.132. The minimum Gasteiger partial charge on any atom is -0.461 e. The van der Waals surface area contributed by atoms with E-state index in [4.69, 9.17) is 4.42 Å². The number of hydrogen-bond acceptors (Lipinski definition) is 2. The Morgan fingerprint density at radius 3 is 2.39 bits per heavy atom. The predicted octanol–water partition coefficient (Wildman–Crippen LogP) is 5.35. The molecule has 0 unspecified atom stereocenters. The van der Waals surface area contributed by atoms with Crippen molar-refractivity contribution in [2.75, 3.05) is 0 Å². The van der Waals surface area contributed by atoms with Gasteiger partial charge < -0.3 is 9.32 Å². The quantitative estimate of drug-likeness (QED) is 0.553. The highest BCUT2D eigenvalue weighted by atomic mass is 19.1. The standard InChI is InChI=1S/C23H21F2NO2/c24-20-7-3-1-5-16(20)15-26(17-9-10-17)23(27)14-12-18-11-13-22(28-18)19-6-2-4-8-21(19)25/h1-8,11,13,17H,9-10,12,14-15H2. The number of furan rings is 1. The van der Waals surface area contributed by atoms with Crippen molar-refractivity contribution in [2.24, 2.45) is 0 Å². The molecule has 28 heavy (non-hydrogen) atoms. The van der Waals surface area contributed by atoms with Crippen LogP contribution in [0.1, 0.15) is 30.6 Å². The van der Waals surface area contributed by atoms with Gasteiger partial charge in [-0.3, -0.25) is 4.79 Å². The van der Waals surface area contributed by atoms with E-state index in [2.05, 4.69) is 0 Å². The second kappa shape index (κ2) is 7.97. The maximum atomic E-state index is 14.0. The van der Waals surface area contributed by atoms with E-state index in [-0.39, 0.29) is 36.5 Å². The van der Waals surface area contributed by atoms with Crippen LogP contribution in [-0.2, 0) is 17.8 Å². The van der Waals surface area contributed by atoms with Gasteiger partial charge in [0.05, 0.1) is 5.56 Å². The van der Waals surface area contributed by atoms with Crippen molar-refractivity contribution in [2.45, 2.75) is 38.3 Å². The number of rotatable bonds is 7. The highest BCUT2D eigenvalue weighted by Gasteiger charge is 2.32. The highest BCUT2D eigenvalue weighted by molar-refractivity contribution is 5.77. The lowest BCUT2D eigenvalue weighted by Crippen LogP contribution is -2.33. The summed E-state index contributed by atoms with van der Waals surface area (Å²) >= 11 is 0. The Bertz CT molecular complexity index is 978. The van der Waals surface area contributed by atoms with Crippen LogP contribution >= 0.6 is 0 Å². The summed E-state index contributed by atoms with van der Waals surface area (Å²) in [6, 6.07) is 16.7. The number of nitrogens with zero attached hydrogens (tertiary/aromatic N) is 1. The molecule has 0 atom stereocenters. The second-order valence-corrected chi connectivity index (χ2v) is 7.09. The molecule has 2 aromatic carbocycles. The van der Waals surface area contributed by atoms with Crippen molar-refractivity contribution in [3.8, 4) is 11.3 Å². The number of benzene rings is 2. The zero-order valence-electron chi connectivity index (χ0n) is 15.4. The normalized spacial score (nSPS) is 13.5. The van der Waals surface area contributed by atoms with Crippen LogP contribution in [-0.4, -0.2) is 16.8 Å². The fourth-order valence-corrected chi connectivity index (χ4v) is 3.31. The predicted molar refractivity (Wildman–Crippen MR) is 102 cm³/mol. The molecule has 1 fully saturated rings.